The number of pyridine rings is 1. The van der Waals surface area contributed by atoms with Crippen LogP contribution in [0.15, 0.2) is 58.3 Å². The van der Waals surface area contributed by atoms with E-state index in [1.165, 1.54) is 24.9 Å². The van der Waals surface area contributed by atoms with E-state index in [1.807, 2.05) is 37.3 Å². The number of anilines is 1. The molecule has 47 heavy (non-hydrogen) atoms. The molecule has 0 unspecified atom stereocenters. The first-order valence-electron chi connectivity index (χ1n) is 15.2. The highest BCUT2D eigenvalue weighted by molar-refractivity contribution is 6.36. The monoisotopic (exact) mass is 658 g/mol. The van der Waals surface area contributed by atoms with Crippen molar-refractivity contribution in [3.63, 3.8) is 0 Å². The van der Waals surface area contributed by atoms with Gasteiger partial charge in [0.1, 0.15) is 12.2 Å². The van der Waals surface area contributed by atoms with Gasteiger partial charge in [0, 0.05) is 55.3 Å². The van der Waals surface area contributed by atoms with Gasteiger partial charge in [-0.25, -0.2) is 9.78 Å². The van der Waals surface area contributed by atoms with Gasteiger partial charge in [-0.2, -0.15) is 0 Å². The van der Waals surface area contributed by atoms with E-state index in [4.69, 9.17) is 26.1 Å². The number of carbonyl (C=O) groups is 2. The van der Waals surface area contributed by atoms with Crippen LogP contribution >= 0.6 is 11.6 Å². The Hall–Kier alpha value is -4.78. The average molecular weight is 659 g/mol. The number of amides is 2. The molecule has 2 amide bonds. The minimum atomic E-state index is -0.679. The van der Waals surface area contributed by atoms with E-state index in [2.05, 4.69) is 16.0 Å². The number of hydrogen-bond donors (Lipinski definition) is 3. The van der Waals surface area contributed by atoms with Crippen LogP contribution in [0.3, 0.4) is 0 Å². The maximum Gasteiger partial charge on any atom is 0.330 e. The van der Waals surface area contributed by atoms with Gasteiger partial charge in [-0.1, -0.05) is 41.9 Å². The molecule has 0 saturated carbocycles. The van der Waals surface area contributed by atoms with Crippen LogP contribution in [0.5, 0.6) is 5.88 Å². The van der Waals surface area contributed by atoms with Crippen molar-refractivity contribution in [2.75, 3.05) is 32.2 Å². The Labute approximate surface area is 275 Å². The molecule has 2 aliphatic rings. The third-order valence-electron chi connectivity index (χ3n) is 8.72. The van der Waals surface area contributed by atoms with Gasteiger partial charge in [0.25, 0.3) is 11.5 Å². The Kier molecular flexibility index (Phi) is 9.00. The molecule has 4 aromatic rings. The second kappa shape index (κ2) is 13.1. The topological polar surface area (TPSA) is 146 Å². The Bertz CT molecular complexity index is 2020. The second-order valence-corrected chi connectivity index (χ2v) is 12.1. The summed E-state index contributed by atoms with van der Waals surface area (Å²) in [5.74, 6) is -0.221. The lowest BCUT2D eigenvalue weighted by molar-refractivity contribution is -0.131. The number of ether oxygens (including phenoxy) is 2. The van der Waals surface area contributed by atoms with Gasteiger partial charge < -0.3 is 30.0 Å². The molecule has 0 radical (unpaired) electrons. The van der Waals surface area contributed by atoms with Crippen molar-refractivity contribution in [3.05, 3.63) is 96.8 Å². The SMILES string of the molecule is COc1nc(-c2cccc(-c3cccc(NC(=O)c4cn(C)c(=O)n(C)c4=O)c3C)c2Cl)cc2c1[C@@H](NC[C@@H]1COCC(=O)N1)CC2. The van der Waals surface area contributed by atoms with E-state index < -0.39 is 17.2 Å². The lowest BCUT2D eigenvalue weighted by atomic mass is 9.96. The van der Waals surface area contributed by atoms with Gasteiger partial charge in [0.05, 0.1) is 30.5 Å². The second-order valence-electron chi connectivity index (χ2n) is 11.8. The van der Waals surface area contributed by atoms with Crippen LogP contribution < -0.4 is 31.9 Å². The average Bonchev–Trinajstić information content (AvgIpc) is 3.48. The van der Waals surface area contributed by atoms with Crippen molar-refractivity contribution in [2.24, 2.45) is 14.1 Å². The fourth-order valence-electron chi connectivity index (χ4n) is 6.26. The summed E-state index contributed by atoms with van der Waals surface area (Å²) in [7, 11) is 4.41. The molecule has 3 heterocycles. The van der Waals surface area contributed by atoms with Gasteiger partial charge in [-0.05, 0) is 48.6 Å². The number of methoxy groups -OCH3 is 1. The predicted molar refractivity (Wildman–Crippen MR) is 178 cm³/mol. The highest BCUT2D eigenvalue weighted by atomic mass is 35.5. The first-order valence-corrected chi connectivity index (χ1v) is 15.6. The lowest BCUT2D eigenvalue weighted by Gasteiger charge is -2.26. The maximum absolute atomic E-state index is 13.2. The zero-order chi connectivity index (χ0) is 33.4. The minimum absolute atomic E-state index is 0.0173. The third kappa shape index (κ3) is 6.19. The number of nitrogens with zero attached hydrogens (tertiary/aromatic N) is 3. The van der Waals surface area contributed by atoms with Crippen LogP contribution in [0.4, 0.5) is 5.69 Å². The number of fused-ring (bicyclic) bond motifs is 1. The van der Waals surface area contributed by atoms with E-state index in [0.29, 0.717) is 35.4 Å². The highest BCUT2D eigenvalue weighted by Gasteiger charge is 2.30. The molecule has 1 aliphatic carbocycles. The molecule has 6 rings (SSSR count). The molecule has 3 N–H and O–H groups in total. The Morgan fingerprint density at radius 2 is 1.87 bits per heavy atom. The first-order chi connectivity index (χ1) is 22.6. The lowest BCUT2D eigenvalue weighted by Crippen LogP contribution is -2.50. The molecular formula is C34H35ClN6O6. The summed E-state index contributed by atoms with van der Waals surface area (Å²) < 4.78 is 13.2. The maximum atomic E-state index is 13.2. The number of aromatic nitrogens is 3. The van der Waals surface area contributed by atoms with Crippen LogP contribution in [0, 0.1) is 6.92 Å². The Morgan fingerprint density at radius 3 is 2.64 bits per heavy atom. The summed E-state index contributed by atoms with van der Waals surface area (Å²) in [5, 5.41) is 9.81. The standard InChI is InChI=1S/C34H35ClN6O6/c1-18-21(7-6-10-25(18)38-31(43)24-15-40(2)34(45)41(3)33(24)44)22-8-5-9-23(30(22)35)27-13-19-11-12-26(29(19)32(39-27)46-4)36-14-20-16-47-17-28(42)37-20/h5-10,13,15,20,26,36H,11-12,14,16-17H2,1-4H3,(H,37,42)(H,38,43)/t20-,26+/m1/s1. The number of nitrogens with one attached hydrogen (secondary N) is 3. The van der Waals surface area contributed by atoms with Gasteiger partial charge in [-0.15, -0.1) is 0 Å². The van der Waals surface area contributed by atoms with Crippen molar-refractivity contribution in [1.82, 2.24) is 24.8 Å². The van der Waals surface area contributed by atoms with Gasteiger partial charge >= 0.3 is 5.69 Å². The zero-order valence-electron chi connectivity index (χ0n) is 26.5. The number of hydrogen-bond acceptors (Lipinski definition) is 8. The smallest absolute Gasteiger partial charge is 0.330 e. The van der Waals surface area contributed by atoms with Gasteiger partial charge in [-0.3, -0.25) is 19.0 Å². The number of benzene rings is 2. The van der Waals surface area contributed by atoms with Crippen molar-refractivity contribution in [1.29, 1.82) is 0 Å². The van der Waals surface area contributed by atoms with Crippen LogP contribution in [-0.2, 0) is 30.0 Å². The fraction of sp³-hybridized carbons (Fsp3) is 0.324. The predicted octanol–water partition coefficient (Wildman–Crippen LogP) is 3.13. The first kappa shape index (κ1) is 32.2. The van der Waals surface area contributed by atoms with Gasteiger partial charge in [0.2, 0.25) is 11.8 Å². The van der Waals surface area contributed by atoms with Crippen LogP contribution in [0.2, 0.25) is 5.02 Å². The zero-order valence-corrected chi connectivity index (χ0v) is 27.2. The Balaban J connectivity index is 1.28. The van der Waals surface area contributed by atoms with E-state index in [1.54, 1.807) is 19.2 Å². The molecule has 2 aromatic carbocycles. The molecule has 1 saturated heterocycles. The molecule has 2 aromatic heterocycles. The summed E-state index contributed by atoms with van der Waals surface area (Å²) in [6, 6.07) is 13.1. The molecule has 0 spiro atoms. The molecule has 13 heteroatoms. The number of carbonyl (C=O) groups excluding carboxylic acids is 2. The van der Waals surface area contributed by atoms with Crippen molar-refractivity contribution < 1.29 is 19.1 Å². The van der Waals surface area contributed by atoms with Crippen LogP contribution in [0.25, 0.3) is 22.4 Å². The minimum Gasteiger partial charge on any atom is -0.481 e. The van der Waals surface area contributed by atoms with E-state index >= 15 is 0 Å². The summed E-state index contributed by atoms with van der Waals surface area (Å²) in [4.78, 5) is 54.5. The van der Waals surface area contributed by atoms with Crippen molar-refractivity contribution in [2.45, 2.75) is 31.8 Å². The summed E-state index contributed by atoms with van der Waals surface area (Å²) in [5.41, 5.74) is 4.94. The number of rotatable bonds is 8. The van der Waals surface area contributed by atoms with Crippen LogP contribution in [0.1, 0.15) is 39.5 Å². The molecule has 12 nitrogen and oxygen atoms in total. The van der Waals surface area contributed by atoms with Gasteiger partial charge in [0.15, 0.2) is 0 Å². The van der Waals surface area contributed by atoms with E-state index in [9.17, 15) is 19.2 Å². The fourth-order valence-corrected chi connectivity index (χ4v) is 6.58. The molecule has 1 fully saturated rings. The quantitative estimate of drug-likeness (QED) is 0.262. The molecular weight excluding hydrogens is 624 g/mol. The molecule has 1 aliphatic heterocycles. The summed E-state index contributed by atoms with van der Waals surface area (Å²) in [6.07, 6.45) is 2.92. The third-order valence-corrected chi connectivity index (χ3v) is 9.13. The summed E-state index contributed by atoms with van der Waals surface area (Å²) >= 11 is 7.09. The molecule has 2 atom stereocenters. The summed E-state index contributed by atoms with van der Waals surface area (Å²) in [6.45, 7) is 2.98. The Morgan fingerprint density at radius 1 is 1.13 bits per heavy atom. The molecule has 0 bridgehead atoms. The van der Waals surface area contributed by atoms with Crippen molar-refractivity contribution >= 4 is 29.1 Å². The highest BCUT2D eigenvalue weighted by Crippen LogP contribution is 2.43. The van der Waals surface area contributed by atoms with Crippen LogP contribution in [-0.4, -0.2) is 58.8 Å². The largest absolute Gasteiger partial charge is 0.481 e. The van der Waals surface area contributed by atoms with E-state index in [0.717, 1.165) is 50.8 Å². The number of aryl methyl sites for hydroxylation is 2. The number of halogens is 1. The molecule has 244 valence electrons. The van der Waals surface area contributed by atoms with E-state index in [-0.39, 0.29) is 30.2 Å². The normalized spacial score (nSPS) is 17.3. The van der Waals surface area contributed by atoms with Crippen molar-refractivity contribution in [3.8, 4) is 28.3 Å². The number of morpholine rings is 1.